The van der Waals surface area contributed by atoms with Crippen LogP contribution in [-0.2, 0) is 124 Å². The molecule has 10 saturated heterocycles. The molecule has 50 atom stereocenters. The standard InChI is InChI=1S/C74H123N7O51/c1-18(91)75-35-52(108)57(30(13-87)115-65(35)113)125-71-41(81-24(7)97)53(109)58(31(14-88)121-71)128-72-56(112)62(130-74-64(132-70-40(80-23(6)96)51(107)46(102)29(12-86)120-70)55(111)60(33(16-90)123-74)127-67-37(77-20(3)93)48(104)43(99)26(9-83)117-67)61(129-68-38(78-21(4)94)49(105)44(100)27(10-84)118-68)34(124-72)17-114-73-63(131-69-39(79-22(5)95)50(106)45(101)28(11-85)119-69)54(110)59(32(15-89)122-73)126-66-36(76-19(2)92)47(103)42(98)25(8-82)116-66/h25-74,82-90,98-113H,8-17H2,1-7H3,(H,75,91)(H,76,92)(H,77,93)(H,78,94)(H,79,95)(H,80,96)(H,81,97)/t25-,26-,27-,28-,29-,30-,31-,32-,33-,34-,35-,36-,37-,38-,39-,40-,41-,42-,43-,44-,45-,46-,47-,48-,49-,50-,51-,52-,53-,54+,55+,56+,57-,58-,59-,60-,61-,62-,63+,64+,65?,66+,67+,68+,69+,70+,71+,72+,73+,74-/m1/s1. The Morgan fingerprint density at radius 2 is 0.402 bits per heavy atom. The molecule has 58 heteroatoms. The van der Waals surface area contributed by atoms with E-state index < -0.39 is 414 Å². The number of hydrogen-bond acceptors (Lipinski definition) is 51. The van der Waals surface area contributed by atoms with Crippen molar-refractivity contribution in [1.29, 1.82) is 0 Å². The van der Waals surface area contributed by atoms with Gasteiger partial charge in [0.25, 0.3) is 0 Å². The zero-order chi connectivity index (χ0) is 97.4. The van der Waals surface area contributed by atoms with Gasteiger partial charge in [-0.1, -0.05) is 0 Å². The zero-order valence-corrected chi connectivity index (χ0v) is 71.7. The van der Waals surface area contributed by atoms with Crippen LogP contribution in [0.25, 0.3) is 0 Å². The van der Waals surface area contributed by atoms with Crippen LogP contribution in [0.3, 0.4) is 0 Å². The number of hydrogen-bond donors (Lipinski definition) is 32. The van der Waals surface area contributed by atoms with E-state index in [1.807, 2.05) is 0 Å². The van der Waals surface area contributed by atoms with Gasteiger partial charge in [0.2, 0.25) is 41.4 Å². The van der Waals surface area contributed by atoms with Gasteiger partial charge in [0, 0.05) is 48.5 Å². The fourth-order valence-electron chi connectivity index (χ4n) is 17.2. The maximum absolute atomic E-state index is 13.6. The van der Waals surface area contributed by atoms with Gasteiger partial charge in [-0.2, -0.15) is 0 Å². The fourth-order valence-corrected chi connectivity index (χ4v) is 17.2. The maximum Gasteiger partial charge on any atom is 0.217 e. The molecule has 760 valence electrons. The highest BCUT2D eigenvalue weighted by molar-refractivity contribution is 5.75. The van der Waals surface area contributed by atoms with Crippen LogP contribution in [0.15, 0.2) is 0 Å². The second-order valence-corrected chi connectivity index (χ2v) is 33.2. The molecule has 10 heterocycles. The lowest BCUT2D eigenvalue weighted by Crippen LogP contribution is -2.72. The molecule has 0 spiro atoms. The van der Waals surface area contributed by atoms with Gasteiger partial charge >= 0.3 is 0 Å². The summed E-state index contributed by atoms with van der Waals surface area (Å²) in [6, 6.07) is -13.6. The molecule has 10 fully saturated rings. The molecule has 0 radical (unpaired) electrons. The molecule has 32 N–H and O–H groups in total. The van der Waals surface area contributed by atoms with Crippen molar-refractivity contribution in [1.82, 2.24) is 37.2 Å². The number of aliphatic hydroxyl groups is 25. The minimum absolute atomic E-state index is 0.838. The number of ether oxygens (including phenoxy) is 19. The Bertz CT molecular complexity index is 3710. The normalized spacial score (nSPS) is 46.7. The van der Waals surface area contributed by atoms with Crippen LogP contribution >= 0.6 is 0 Å². The summed E-state index contributed by atoms with van der Waals surface area (Å²) in [6.45, 7) is -5.67. The van der Waals surface area contributed by atoms with E-state index in [0.717, 1.165) is 48.5 Å². The summed E-state index contributed by atoms with van der Waals surface area (Å²) < 4.78 is 118. The maximum atomic E-state index is 13.6. The SMILES string of the molecule is CC(=O)N[C@H]1[C@H](O[C@H]2[C@H](O)[C@@H](NC(C)=O)C(O)O[C@@H]2CO)O[C@H](CO)[C@@H](O[C@@H]2O[C@H](CO[C@H]3O[C@H](CO)[C@@H](O[C@@H]4O[C@H](CO)[C@@H](O)[C@H](O)[C@H]4NC(C)=O)[C@H](O)[C@@H]3O[C@@H]3O[C@H](CO)[C@@H](O)[C@H](O)[C@H]3NC(C)=O)[C@@H](O[C@@H]3O[C@H](CO)[C@@H](O)[C@H](O)[C@H]3NC(C)=O)[C@H](O[C@H]3O[C@H](CO)[C@@H](O[C@@H]4O[C@H](CO)[C@@H](O)[C@H](O)[C@H]4NC(C)=O)[C@H](O)[C@@H]3O[C@@H]3O[C@H](CO)[C@@H](O)[C@H](O)[C@H]3NC(C)=O)[C@@H]2O)[C@@H]1O. The largest absolute Gasteiger partial charge is 0.394 e. The van der Waals surface area contributed by atoms with Gasteiger partial charge in [-0.15, -0.1) is 0 Å². The molecule has 0 bridgehead atoms. The summed E-state index contributed by atoms with van der Waals surface area (Å²) in [5.41, 5.74) is 0. The Morgan fingerprint density at radius 1 is 0.197 bits per heavy atom. The molecule has 10 aliphatic heterocycles. The molecule has 1 unspecified atom stereocenters. The van der Waals surface area contributed by atoms with Crippen LogP contribution in [0.2, 0.25) is 0 Å². The molecule has 132 heavy (non-hydrogen) atoms. The van der Waals surface area contributed by atoms with Crippen LogP contribution in [0, 0.1) is 0 Å². The molecule has 10 rings (SSSR count). The molecule has 0 aliphatic carbocycles. The van der Waals surface area contributed by atoms with Gasteiger partial charge in [0.1, 0.15) is 244 Å². The highest BCUT2D eigenvalue weighted by Crippen LogP contribution is 2.42. The summed E-state index contributed by atoms with van der Waals surface area (Å²) >= 11 is 0. The highest BCUT2D eigenvalue weighted by Gasteiger charge is 2.63. The Morgan fingerprint density at radius 3 is 0.697 bits per heavy atom. The quantitative estimate of drug-likeness (QED) is 0.0280. The number of rotatable bonds is 35. The van der Waals surface area contributed by atoms with Crippen LogP contribution in [0.1, 0.15) is 48.5 Å². The van der Waals surface area contributed by atoms with Crippen LogP contribution < -0.4 is 37.2 Å². The third kappa shape index (κ3) is 24.7. The van der Waals surface area contributed by atoms with Crippen LogP contribution in [0.4, 0.5) is 0 Å². The second-order valence-electron chi connectivity index (χ2n) is 33.2. The predicted molar refractivity (Wildman–Crippen MR) is 411 cm³/mol. The molecule has 58 nitrogen and oxygen atoms in total. The zero-order valence-electron chi connectivity index (χ0n) is 71.7. The third-order valence-corrected chi connectivity index (χ3v) is 23.7. The summed E-state index contributed by atoms with van der Waals surface area (Å²) in [4.78, 5) is 90.7. The topological polar surface area (TPSA) is 885 Å². The van der Waals surface area contributed by atoms with E-state index in [1.54, 1.807) is 0 Å². The molecular weight excluding hydrogens is 1800 g/mol. The number of nitrogens with one attached hydrogen (secondary N) is 7. The molecule has 0 aromatic carbocycles. The third-order valence-electron chi connectivity index (χ3n) is 23.7. The summed E-state index contributed by atoms with van der Waals surface area (Å²) in [7, 11) is 0. The Balaban J connectivity index is 1.17. The Hall–Kier alpha value is -5.47. The first-order valence-electron chi connectivity index (χ1n) is 42.1. The molecule has 7 amide bonds. The number of aliphatic hydroxyl groups excluding tert-OH is 25. The van der Waals surface area contributed by atoms with Crippen molar-refractivity contribution < 1.29 is 251 Å². The lowest BCUT2D eigenvalue weighted by atomic mass is 9.93. The lowest BCUT2D eigenvalue weighted by Gasteiger charge is -2.53. The van der Waals surface area contributed by atoms with Crippen molar-refractivity contribution >= 4 is 41.4 Å². The average molecular weight is 1930 g/mol. The Kier molecular flexibility index (Phi) is 39.4. The first kappa shape index (κ1) is 109. The number of amides is 7. The van der Waals surface area contributed by atoms with Crippen molar-refractivity contribution in [2.45, 2.75) is 355 Å². The van der Waals surface area contributed by atoms with Gasteiger partial charge in [0.15, 0.2) is 62.9 Å². The van der Waals surface area contributed by atoms with Crippen molar-refractivity contribution in [2.75, 3.05) is 66.1 Å². The van der Waals surface area contributed by atoms with E-state index in [4.69, 9.17) is 90.0 Å². The minimum Gasteiger partial charge on any atom is -0.394 e. The van der Waals surface area contributed by atoms with Gasteiger partial charge < -0.3 is 255 Å². The van der Waals surface area contributed by atoms with Crippen LogP contribution in [-0.4, -0.2) is 542 Å². The van der Waals surface area contributed by atoms with Gasteiger partial charge in [-0.3, -0.25) is 33.6 Å². The van der Waals surface area contributed by atoms with E-state index in [9.17, 15) is 161 Å². The van der Waals surface area contributed by atoms with E-state index in [-0.39, 0.29) is 0 Å². The van der Waals surface area contributed by atoms with E-state index in [2.05, 4.69) is 37.2 Å². The van der Waals surface area contributed by atoms with E-state index in [0.29, 0.717) is 0 Å². The molecule has 0 saturated carbocycles. The minimum atomic E-state index is -2.85. The smallest absolute Gasteiger partial charge is 0.217 e. The lowest BCUT2D eigenvalue weighted by molar-refractivity contribution is -0.413. The Labute approximate surface area is 748 Å². The van der Waals surface area contributed by atoms with Crippen molar-refractivity contribution in [3.8, 4) is 0 Å². The number of carbonyl (C=O) groups excluding carboxylic acids is 7. The van der Waals surface area contributed by atoms with Crippen molar-refractivity contribution in [2.24, 2.45) is 0 Å². The van der Waals surface area contributed by atoms with Gasteiger partial charge in [0.05, 0.1) is 66.1 Å². The molecule has 10 aliphatic rings. The summed E-state index contributed by atoms with van der Waals surface area (Å²) in [5.74, 6) is -6.69. The second kappa shape index (κ2) is 47.9. The molecule has 0 aromatic heterocycles. The van der Waals surface area contributed by atoms with Gasteiger partial charge in [-0.05, 0) is 0 Å². The van der Waals surface area contributed by atoms with Crippen molar-refractivity contribution in [3.05, 3.63) is 0 Å². The average Bonchev–Trinajstić information content (AvgIpc) is 0.752. The highest BCUT2D eigenvalue weighted by atomic mass is 16.8. The number of carbonyl (C=O) groups is 7. The monoisotopic (exact) mass is 1930 g/mol. The predicted octanol–water partition coefficient (Wildman–Crippen LogP) is -21.8. The molecular formula is C74H123N7O51. The van der Waals surface area contributed by atoms with Gasteiger partial charge in [-0.25, -0.2) is 0 Å². The fraction of sp³-hybridized carbons (Fsp3) is 0.905. The van der Waals surface area contributed by atoms with Crippen molar-refractivity contribution in [3.63, 3.8) is 0 Å². The first-order valence-corrected chi connectivity index (χ1v) is 42.1. The van der Waals surface area contributed by atoms with Crippen LogP contribution in [0.5, 0.6) is 0 Å². The first-order chi connectivity index (χ1) is 62.4. The van der Waals surface area contributed by atoms with E-state index >= 15 is 0 Å². The summed E-state index contributed by atoms with van der Waals surface area (Å²) in [6.07, 6.45) is -95.7. The molecule has 0 aromatic rings. The summed E-state index contributed by atoms with van der Waals surface area (Å²) in [5, 5.41) is 303. The van der Waals surface area contributed by atoms with E-state index in [1.165, 1.54) is 0 Å².